The van der Waals surface area contributed by atoms with Crippen LogP contribution in [0.3, 0.4) is 0 Å². The largest absolute Gasteiger partial charge is 0.508 e. The van der Waals surface area contributed by atoms with Crippen LogP contribution >= 0.6 is 0 Å². The third kappa shape index (κ3) is 2.98. The number of phenolic OH excluding ortho intramolecular Hbond substituents is 1. The summed E-state index contributed by atoms with van der Waals surface area (Å²) in [4.78, 5) is 27.7. The first-order chi connectivity index (χ1) is 11.3. The molecular formula is C18H24N2O4. The molecule has 6 nitrogen and oxygen atoms in total. The first kappa shape index (κ1) is 16.8. The van der Waals surface area contributed by atoms with Crippen molar-refractivity contribution >= 4 is 11.9 Å². The molecule has 1 amide bonds. The molecule has 0 bridgehead atoms. The van der Waals surface area contributed by atoms with Crippen molar-refractivity contribution in [3.05, 3.63) is 29.3 Å². The molecule has 0 radical (unpaired) electrons. The zero-order valence-corrected chi connectivity index (χ0v) is 14.2. The number of hydrogen-bond acceptors (Lipinski definition) is 4. The van der Waals surface area contributed by atoms with E-state index in [4.69, 9.17) is 0 Å². The van der Waals surface area contributed by atoms with Crippen LogP contribution in [0.2, 0.25) is 0 Å². The fourth-order valence-corrected chi connectivity index (χ4v) is 4.02. The Morgan fingerprint density at radius 1 is 1.25 bits per heavy atom. The van der Waals surface area contributed by atoms with Gasteiger partial charge in [-0.1, -0.05) is 6.07 Å². The van der Waals surface area contributed by atoms with E-state index in [-0.39, 0.29) is 17.1 Å². The number of piperidine rings is 1. The molecule has 2 aliphatic heterocycles. The molecule has 24 heavy (non-hydrogen) atoms. The fraction of sp³-hybridized carbons (Fsp3) is 0.556. The zero-order chi connectivity index (χ0) is 17.5. The number of carboxylic acids is 1. The number of aromatic hydroxyl groups is 1. The molecule has 2 saturated heterocycles. The summed E-state index contributed by atoms with van der Waals surface area (Å²) in [5.41, 5.74) is 1.25. The summed E-state index contributed by atoms with van der Waals surface area (Å²) in [6.45, 7) is 3.84. The van der Waals surface area contributed by atoms with Crippen molar-refractivity contribution < 1.29 is 19.8 Å². The number of aliphatic carboxylic acids is 1. The van der Waals surface area contributed by atoms with E-state index >= 15 is 0 Å². The van der Waals surface area contributed by atoms with E-state index in [1.807, 2.05) is 16.8 Å². The quantitative estimate of drug-likeness (QED) is 0.862. The number of carboxylic acid groups (broad SMARTS) is 1. The fourth-order valence-electron chi connectivity index (χ4n) is 4.02. The second-order valence-electron chi connectivity index (χ2n) is 7.27. The number of phenols is 1. The molecule has 2 fully saturated rings. The second kappa shape index (κ2) is 6.09. The Balaban J connectivity index is 1.66. The van der Waals surface area contributed by atoms with Gasteiger partial charge in [0.2, 0.25) is 0 Å². The standard InChI is InChI=1S/C18H24N2O4/c1-12-3-4-13(9-15(12)21)16(22)20-7-5-18(6-8-20)10-14(17(23)24)19(2)11-18/h3-4,9,14,21H,5-8,10-11H2,1-2H3,(H,23,24). The third-order valence-corrected chi connectivity index (χ3v) is 5.60. The topological polar surface area (TPSA) is 81.1 Å². The molecule has 1 unspecified atom stereocenters. The maximum Gasteiger partial charge on any atom is 0.320 e. The van der Waals surface area contributed by atoms with E-state index in [2.05, 4.69) is 0 Å². The maximum absolute atomic E-state index is 12.6. The van der Waals surface area contributed by atoms with Crippen LogP contribution in [-0.2, 0) is 4.79 Å². The van der Waals surface area contributed by atoms with Crippen LogP contribution in [0.25, 0.3) is 0 Å². The number of likely N-dealkylation sites (tertiary alicyclic amines) is 2. The first-order valence-corrected chi connectivity index (χ1v) is 8.33. The van der Waals surface area contributed by atoms with Gasteiger partial charge in [0.15, 0.2) is 0 Å². The number of carbonyl (C=O) groups is 2. The highest BCUT2D eigenvalue weighted by atomic mass is 16.4. The van der Waals surface area contributed by atoms with Crippen molar-refractivity contribution in [2.24, 2.45) is 5.41 Å². The SMILES string of the molecule is Cc1ccc(C(=O)N2CCC3(CC2)CC(C(=O)O)N(C)C3)cc1O. The van der Waals surface area contributed by atoms with Crippen LogP contribution in [0.15, 0.2) is 18.2 Å². The van der Waals surface area contributed by atoms with Gasteiger partial charge in [-0.05, 0) is 56.3 Å². The second-order valence-corrected chi connectivity index (χ2v) is 7.27. The van der Waals surface area contributed by atoms with Gasteiger partial charge < -0.3 is 15.1 Å². The first-order valence-electron chi connectivity index (χ1n) is 8.33. The average Bonchev–Trinajstić information content (AvgIpc) is 2.87. The van der Waals surface area contributed by atoms with Crippen molar-refractivity contribution in [2.75, 3.05) is 26.7 Å². The predicted octanol–water partition coefficient (Wildman–Crippen LogP) is 1.71. The van der Waals surface area contributed by atoms with Gasteiger partial charge in [-0.15, -0.1) is 0 Å². The van der Waals surface area contributed by atoms with Gasteiger partial charge in [-0.2, -0.15) is 0 Å². The Bertz CT molecular complexity index is 665. The Morgan fingerprint density at radius 3 is 2.46 bits per heavy atom. The van der Waals surface area contributed by atoms with Crippen molar-refractivity contribution in [3.8, 4) is 5.75 Å². The Morgan fingerprint density at radius 2 is 1.92 bits per heavy atom. The van der Waals surface area contributed by atoms with E-state index in [0.29, 0.717) is 25.1 Å². The number of hydrogen-bond donors (Lipinski definition) is 2. The number of benzene rings is 1. The normalized spacial score (nSPS) is 23.6. The summed E-state index contributed by atoms with van der Waals surface area (Å²) >= 11 is 0. The molecule has 2 heterocycles. The van der Waals surface area contributed by atoms with Gasteiger partial charge >= 0.3 is 5.97 Å². The third-order valence-electron chi connectivity index (χ3n) is 5.60. The van der Waals surface area contributed by atoms with Crippen LogP contribution in [-0.4, -0.2) is 64.6 Å². The monoisotopic (exact) mass is 332 g/mol. The van der Waals surface area contributed by atoms with E-state index < -0.39 is 12.0 Å². The van der Waals surface area contributed by atoms with E-state index in [1.165, 1.54) is 6.07 Å². The minimum atomic E-state index is -0.761. The van der Waals surface area contributed by atoms with Gasteiger partial charge in [0.25, 0.3) is 5.91 Å². The molecule has 1 spiro atoms. The van der Waals surface area contributed by atoms with Crippen LogP contribution in [0.4, 0.5) is 0 Å². The van der Waals surface area contributed by atoms with Crippen molar-refractivity contribution in [1.82, 2.24) is 9.80 Å². The number of aryl methyl sites for hydroxylation is 1. The lowest BCUT2D eigenvalue weighted by Gasteiger charge is -2.39. The average molecular weight is 332 g/mol. The molecule has 6 heteroatoms. The lowest BCUT2D eigenvalue weighted by molar-refractivity contribution is -0.141. The molecule has 1 aromatic rings. The van der Waals surface area contributed by atoms with Crippen LogP contribution in [0, 0.1) is 12.3 Å². The van der Waals surface area contributed by atoms with Crippen LogP contribution in [0.5, 0.6) is 5.75 Å². The number of likely N-dealkylation sites (N-methyl/N-ethyl adjacent to an activating group) is 1. The maximum atomic E-state index is 12.6. The number of rotatable bonds is 2. The van der Waals surface area contributed by atoms with E-state index in [9.17, 15) is 19.8 Å². The Hall–Kier alpha value is -2.08. The van der Waals surface area contributed by atoms with Crippen LogP contribution < -0.4 is 0 Å². The Labute approximate surface area is 141 Å². The molecular weight excluding hydrogens is 308 g/mol. The molecule has 0 aromatic heterocycles. The summed E-state index contributed by atoms with van der Waals surface area (Å²) < 4.78 is 0. The Kier molecular flexibility index (Phi) is 4.25. The molecule has 2 N–H and O–H groups in total. The van der Waals surface area contributed by atoms with Crippen molar-refractivity contribution in [2.45, 2.75) is 32.2 Å². The lowest BCUT2D eigenvalue weighted by Crippen LogP contribution is -2.44. The molecule has 3 rings (SSSR count). The van der Waals surface area contributed by atoms with Crippen molar-refractivity contribution in [1.29, 1.82) is 0 Å². The van der Waals surface area contributed by atoms with E-state index in [1.54, 1.807) is 19.1 Å². The molecule has 1 atom stereocenters. The van der Waals surface area contributed by atoms with Gasteiger partial charge in [0.05, 0.1) is 0 Å². The highest BCUT2D eigenvalue weighted by molar-refractivity contribution is 5.94. The van der Waals surface area contributed by atoms with E-state index in [0.717, 1.165) is 24.9 Å². The minimum absolute atomic E-state index is 0.00397. The van der Waals surface area contributed by atoms with Crippen molar-refractivity contribution in [3.63, 3.8) is 0 Å². The molecule has 130 valence electrons. The summed E-state index contributed by atoms with van der Waals surface area (Å²) in [6.07, 6.45) is 2.31. The van der Waals surface area contributed by atoms with Gasteiger partial charge in [-0.25, -0.2) is 0 Å². The molecule has 2 aliphatic rings. The number of amides is 1. The van der Waals surface area contributed by atoms with Gasteiger partial charge in [0, 0.05) is 25.2 Å². The predicted molar refractivity (Wildman–Crippen MR) is 89.1 cm³/mol. The summed E-state index contributed by atoms with van der Waals surface area (Å²) in [6, 6.07) is 4.59. The zero-order valence-electron chi connectivity index (χ0n) is 14.2. The van der Waals surface area contributed by atoms with Gasteiger partial charge in [0.1, 0.15) is 11.8 Å². The summed E-state index contributed by atoms with van der Waals surface area (Å²) in [5.74, 6) is -0.694. The summed E-state index contributed by atoms with van der Waals surface area (Å²) in [7, 11) is 1.86. The number of carbonyl (C=O) groups excluding carboxylic acids is 1. The van der Waals surface area contributed by atoms with Gasteiger partial charge in [-0.3, -0.25) is 14.5 Å². The highest BCUT2D eigenvalue weighted by Crippen LogP contribution is 2.43. The lowest BCUT2D eigenvalue weighted by atomic mass is 9.76. The smallest absolute Gasteiger partial charge is 0.320 e. The molecule has 0 saturated carbocycles. The number of nitrogens with zero attached hydrogens (tertiary/aromatic N) is 2. The molecule has 0 aliphatic carbocycles. The van der Waals surface area contributed by atoms with Crippen LogP contribution in [0.1, 0.15) is 35.2 Å². The molecule has 1 aromatic carbocycles. The summed E-state index contributed by atoms with van der Waals surface area (Å²) in [5, 5.41) is 19.1. The minimum Gasteiger partial charge on any atom is -0.508 e. The highest BCUT2D eigenvalue weighted by Gasteiger charge is 2.47.